The van der Waals surface area contributed by atoms with Gasteiger partial charge in [0, 0.05) is 5.39 Å². The van der Waals surface area contributed by atoms with Crippen molar-refractivity contribution in [2.45, 2.75) is 26.4 Å². The average Bonchev–Trinajstić information content (AvgIpc) is 2.50. The third-order valence-corrected chi connectivity index (χ3v) is 2.80. The molecule has 0 saturated carbocycles. The van der Waals surface area contributed by atoms with E-state index in [1.165, 1.54) is 4.57 Å². The number of fused-ring (bicyclic) bond motifs is 1. The monoisotopic (exact) mass is 266 g/mol. The fourth-order valence-electron chi connectivity index (χ4n) is 1.72. The quantitative estimate of drug-likeness (QED) is 0.792. The topological polar surface area (TPSA) is 57.2 Å². The molecule has 1 aromatic carbocycles. The highest BCUT2D eigenvalue weighted by Gasteiger charge is 2.23. The fourth-order valence-corrected chi connectivity index (χ4v) is 1.98. The van der Waals surface area contributed by atoms with E-state index in [1.54, 1.807) is 26.8 Å². The lowest BCUT2D eigenvalue weighted by Gasteiger charge is -2.20. The number of anilines is 1. The van der Waals surface area contributed by atoms with Gasteiger partial charge in [-0.05, 0) is 26.8 Å². The van der Waals surface area contributed by atoms with Crippen molar-refractivity contribution in [1.82, 2.24) is 4.57 Å². The zero-order chi connectivity index (χ0) is 13.5. The number of halogens is 1. The summed E-state index contributed by atoms with van der Waals surface area (Å²) in [7, 11) is 0. The first-order valence-electron chi connectivity index (χ1n) is 5.59. The third-order valence-electron chi connectivity index (χ3n) is 2.43. The molecule has 1 aromatic heterocycles. The molecule has 4 nitrogen and oxygen atoms in total. The van der Waals surface area contributed by atoms with E-state index >= 15 is 0 Å². The average molecular weight is 267 g/mol. The molecule has 0 unspecified atom stereocenters. The highest BCUT2D eigenvalue weighted by Crippen LogP contribution is 2.32. The minimum absolute atomic E-state index is 0.186. The highest BCUT2D eigenvalue weighted by atomic mass is 35.5. The zero-order valence-corrected chi connectivity index (χ0v) is 11.3. The van der Waals surface area contributed by atoms with Gasteiger partial charge in [-0.15, -0.1) is 0 Å². The number of aromatic nitrogens is 1. The molecule has 0 radical (unpaired) electrons. The van der Waals surface area contributed by atoms with E-state index < -0.39 is 11.7 Å². The molecule has 18 heavy (non-hydrogen) atoms. The van der Waals surface area contributed by atoms with Crippen LogP contribution in [0.5, 0.6) is 0 Å². The number of carbonyl (C=O) groups excluding carboxylic acids is 1. The van der Waals surface area contributed by atoms with E-state index in [0.29, 0.717) is 11.2 Å². The molecular formula is C13H15ClN2O2. The summed E-state index contributed by atoms with van der Waals surface area (Å²) in [5.41, 5.74) is 6.33. The van der Waals surface area contributed by atoms with Crippen molar-refractivity contribution in [3.63, 3.8) is 0 Å². The first-order chi connectivity index (χ1) is 8.31. The van der Waals surface area contributed by atoms with Crippen molar-refractivity contribution in [3.05, 3.63) is 29.4 Å². The van der Waals surface area contributed by atoms with Crippen LogP contribution in [0.2, 0.25) is 5.15 Å². The Labute approximate surface area is 110 Å². The molecule has 0 aliphatic rings. The second-order valence-corrected chi connectivity index (χ2v) is 5.40. The van der Waals surface area contributed by atoms with Crippen molar-refractivity contribution in [2.24, 2.45) is 0 Å². The molecule has 96 valence electrons. The molecule has 0 aliphatic heterocycles. The Balaban J connectivity index is 2.58. The van der Waals surface area contributed by atoms with Gasteiger partial charge in [0.15, 0.2) is 0 Å². The molecule has 0 amide bonds. The van der Waals surface area contributed by atoms with Crippen LogP contribution in [0, 0.1) is 0 Å². The van der Waals surface area contributed by atoms with Crippen LogP contribution in [0.3, 0.4) is 0 Å². The smallest absolute Gasteiger partial charge is 0.420 e. The molecule has 0 saturated heterocycles. The van der Waals surface area contributed by atoms with Crippen molar-refractivity contribution < 1.29 is 9.53 Å². The summed E-state index contributed by atoms with van der Waals surface area (Å²) < 4.78 is 6.60. The minimum Gasteiger partial charge on any atom is -0.443 e. The van der Waals surface area contributed by atoms with Crippen LogP contribution in [0.15, 0.2) is 24.3 Å². The van der Waals surface area contributed by atoms with Crippen molar-refractivity contribution in [1.29, 1.82) is 0 Å². The number of hydrogen-bond acceptors (Lipinski definition) is 3. The second-order valence-electron chi connectivity index (χ2n) is 5.04. The minimum atomic E-state index is -0.583. The third kappa shape index (κ3) is 2.16. The van der Waals surface area contributed by atoms with Gasteiger partial charge in [0.1, 0.15) is 10.8 Å². The molecule has 0 aliphatic carbocycles. The predicted molar refractivity (Wildman–Crippen MR) is 73.0 cm³/mol. The molecule has 0 fully saturated rings. The van der Waals surface area contributed by atoms with E-state index in [9.17, 15) is 4.79 Å². The maximum atomic E-state index is 12.1. The van der Waals surface area contributed by atoms with Crippen LogP contribution >= 0.6 is 11.6 Å². The summed E-state index contributed by atoms with van der Waals surface area (Å²) in [4.78, 5) is 12.1. The maximum Gasteiger partial charge on any atom is 0.420 e. The Morgan fingerprint density at radius 2 is 1.94 bits per heavy atom. The zero-order valence-electron chi connectivity index (χ0n) is 10.5. The number of carbonyl (C=O) groups is 1. The number of ether oxygens (including phenoxy) is 1. The second kappa shape index (κ2) is 4.21. The lowest BCUT2D eigenvalue weighted by Crippen LogP contribution is -2.27. The summed E-state index contributed by atoms with van der Waals surface area (Å²) >= 11 is 6.10. The first-order valence-corrected chi connectivity index (χ1v) is 5.97. The Hall–Kier alpha value is -1.68. The van der Waals surface area contributed by atoms with E-state index in [4.69, 9.17) is 22.1 Å². The number of nitrogens with zero attached hydrogens (tertiary/aromatic N) is 1. The maximum absolute atomic E-state index is 12.1. The molecule has 0 spiro atoms. The van der Waals surface area contributed by atoms with Gasteiger partial charge in [0.25, 0.3) is 0 Å². The van der Waals surface area contributed by atoms with Gasteiger partial charge in [0.2, 0.25) is 0 Å². The van der Waals surface area contributed by atoms with E-state index in [0.717, 1.165) is 5.39 Å². The van der Waals surface area contributed by atoms with Gasteiger partial charge in [-0.1, -0.05) is 29.8 Å². The molecule has 2 N–H and O–H groups in total. The number of hydrogen-bond donors (Lipinski definition) is 1. The van der Waals surface area contributed by atoms with Gasteiger partial charge >= 0.3 is 6.09 Å². The van der Waals surface area contributed by atoms with Crippen molar-refractivity contribution >= 4 is 34.3 Å². The van der Waals surface area contributed by atoms with Crippen LogP contribution in [-0.2, 0) is 4.74 Å². The van der Waals surface area contributed by atoms with E-state index in [2.05, 4.69) is 0 Å². The number of nitrogens with two attached hydrogens (primary N) is 1. The van der Waals surface area contributed by atoms with Crippen LogP contribution in [0.4, 0.5) is 10.5 Å². The molecule has 0 bridgehead atoms. The predicted octanol–water partition coefficient (Wildman–Crippen LogP) is 3.66. The van der Waals surface area contributed by atoms with Crippen LogP contribution in [-0.4, -0.2) is 16.3 Å². The van der Waals surface area contributed by atoms with Gasteiger partial charge in [-0.3, -0.25) is 0 Å². The lowest BCUT2D eigenvalue weighted by molar-refractivity contribution is 0.0545. The number of para-hydroxylation sites is 1. The van der Waals surface area contributed by atoms with E-state index in [-0.39, 0.29) is 5.15 Å². The normalized spacial score (nSPS) is 11.8. The summed E-state index contributed by atoms with van der Waals surface area (Å²) in [6.07, 6.45) is -0.527. The summed E-state index contributed by atoms with van der Waals surface area (Å²) in [6.45, 7) is 5.40. The van der Waals surface area contributed by atoms with Gasteiger partial charge in [-0.2, -0.15) is 0 Å². The SMILES string of the molecule is CC(C)(C)OC(=O)n1c(Cl)c(N)c2ccccc21. The van der Waals surface area contributed by atoms with Crippen molar-refractivity contribution in [3.8, 4) is 0 Å². The van der Waals surface area contributed by atoms with E-state index in [1.807, 2.05) is 18.2 Å². The standard InChI is InChI=1S/C13H15ClN2O2/c1-13(2,3)18-12(17)16-9-7-5-4-6-8(9)10(15)11(16)14/h4-7H,15H2,1-3H3. The van der Waals surface area contributed by atoms with Crippen LogP contribution < -0.4 is 5.73 Å². The first kappa shape index (κ1) is 12.8. The number of benzene rings is 1. The van der Waals surface area contributed by atoms with Crippen LogP contribution in [0.25, 0.3) is 10.9 Å². The number of nitrogen functional groups attached to an aromatic ring is 1. The Morgan fingerprint density at radius 3 is 2.56 bits per heavy atom. The molecular weight excluding hydrogens is 252 g/mol. The Bertz CT molecular complexity index is 611. The summed E-state index contributed by atoms with van der Waals surface area (Å²) in [6, 6.07) is 7.26. The lowest BCUT2D eigenvalue weighted by atomic mass is 10.2. The number of rotatable bonds is 0. The highest BCUT2D eigenvalue weighted by molar-refractivity contribution is 6.35. The van der Waals surface area contributed by atoms with Crippen molar-refractivity contribution in [2.75, 3.05) is 5.73 Å². The Morgan fingerprint density at radius 1 is 1.33 bits per heavy atom. The molecule has 5 heteroatoms. The fraction of sp³-hybridized carbons (Fsp3) is 0.308. The summed E-state index contributed by atoms with van der Waals surface area (Å²) in [5, 5.41) is 0.929. The molecule has 2 rings (SSSR count). The van der Waals surface area contributed by atoms with Gasteiger partial charge in [-0.25, -0.2) is 9.36 Å². The summed E-state index contributed by atoms with van der Waals surface area (Å²) in [5.74, 6) is 0. The molecule has 1 heterocycles. The van der Waals surface area contributed by atoms with Gasteiger partial charge in [0.05, 0.1) is 11.2 Å². The molecule has 2 aromatic rings. The Kier molecular flexibility index (Phi) is 2.99. The van der Waals surface area contributed by atoms with Gasteiger partial charge < -0.3 is 10.5 Å². The van der Waals surface area contributed by atoms with Crippen LogP contribution in [0.1, 0.15) is 20.8 Å². The largest absolute Gasteiger partial charge is 0.443 e. The molecule has 0 atom stereocenters.